The lowest BCUT2D eigenvalue weighted by Gasteiger charge is -2.12. The van der Waals surface area contributed by atoms with E-state index in [0.29, 0.717) is 16.9 Å². The molecule has 0 radical (unpaired) electrons. The number of hydrogen-bond donors (Lipinski definition) is 3. The van der Waals surface area contributed by atoms with E-state index in [1.54, 1.807) is 36.4 Å². The molecular formula is C23H22ClN3O4S. The predicted molar refractivity (Wildman–Crippen MR) is 125 cm³/mol. The third-order valence-electron chi connectivity index (χ3n) is 4.84. The van der Waals surface area contributed by atoms with Crippen LogP contribution in [0.4, 0.5) is 11.4 Å². The second-order valence-corrected chi connectivity index (χ2v) is 9.43. The zero-order chi connectivity index (χ0) is 23.5. The van der Waals surface area contributed by atoms with Crippen molar-refractivity contribution in [3.05, 3.63) is 87.9 Å². The van der Waals surface area contributed by atoms with Crippen LogP contribution in [0.25, 0.3) is 0 Å². The molecule has 0 heterocycles. The highest BCUT2D eigenvalue weighted by molar-refractivity contribution is 7.92. The third-order valence-corrected chi connectivity index (χ3v) is 6.55. The lowest BCUT2D eigenvalue weighted by atomic mass is 10.1. The summed E-state index contributed by atoms with van der Waals surface area (Å²) in [7, 11) is -3.94. The maximum Gasteiger partial charge on any atom is 0.261 e. The minimum atomic E-state index is -3.94. The number of nitrogens with two attached hydrogens (primary N) is 1. The van der Waals surface area contributed by atoms with Crippen molar-refractivity contribution in [1.29, 1.82) is 0 Å². The number of nitrogens with one attached hydrogen (secondary N) is 2. The summed E-state index contributed by atoms with van der Waals surface area (Å²) in [5.74, 6) is -1.03. The maximum absolute atomic E-state index is 12.8. The topological polar surface area (TPSA) is 118 Å². The van der Waals surface area contributed by atoms with Crippen LogP contribution in [0.5, 0.6) is 0 Å². The summed E-state index contributed by atoms with van der Waals surface area (Å²) < 4.78 is 28.2. The summed E-state index contributed by atoms with van der Waals surface area (Å²) in [6.45, 7) is 3.82. The molecule has 166 valence electrons. The molecule has 2 amide bonds. The first-order valence-electron chi connectivity index (χ1n) is 9.63. The highest BCUT2D eigenvalue weighted by atomic mass is 35.5. The maximum atomic E-state index is 12.8. The van der Waals surface area contributed by atoms with Gasteiger partial charge in [0.25, 0.3) is 15.9 Å². The van der Waals surface area contributed by atoms with Crippen LogP contribution in [-0.2, 0) is 21.2 Å². The molecule has 0 saturated heterocycles. The van der Waals surface area contributed by atoms with E-state index in [1.165, 1.54) is 18.2 Å². The largest absolute Gasteiger partial charge is 0.369 e. The Morgan fingerprint density at radius 1 is 0.906 bits per heavy atom. The van der Waals surface area contributed by atoms with Crippen molar-refractivity contribution in [2.45, 2.75) is 25.2 Å². The average molecular weight is 472 g/mol. The number of hydrogen-bond acceptors (Lipinski definition) is 4. The normalized spacial score (nSPS) is 11.1. The fourth-order valence-electron chi connectivity index (χ4n) is 2.97. The average Bonchev–Trinajstić information content (AvgIpc) is 2.71. The number of primary amides is 1. The molecule has 0 unspecified atom stereocenters. The highest BCUT2D eigenvalue weighted by Gasteiger charge is 2.19. The Bertz CT molecular complexity index is 1290. The number of halogens is 1. The molecule has 7 nitrogen and oxygen atoms in total. The number of anilines is 2. The molecular weight excluding hydrogens is 450 g/mol. The van der Waals surface area contributed by atoms with Gasteiger partial charge in [-0.2, -0.15) is 0 Å². The molecule has 0 aliphatic rings. The van der Waals surface area contributed by atoms with Crippen LogP contribution < -0.4 is 15.8 Å². The Morgan fingerprint density at radius 2 is 1.56 bits per heavy atom. The Kier molecular flexibility index (Phi) is 6.86. The van der Waals surface area contributed by atoms with Gasteiger partial charge in [0, 0.05) is 11.4 Å². The van der Waals surface area contributed by atoms with Gasteiger partial charge in [-0.1, -0.05) is 29.8 Å². The molecule has 0 saturated carbocycles. The van der Waals surface area contributed by atoms with Crippen molar-refractivity contribution in [3.63, 3.8) is 0 Å². The quantitative estimate of drug-likeness (QED) is 0.481. The molecule has 4 N–H and O–H groups in total. The molecule has 0 aliphatic carbocycles. The van der Waals surface area contributed by atoms with Gasteiger partial charge in [-0.3, -0.25) is 14.3 Å². The van der Waals surface area contributed by atoms with Gasteiger partial charge in [-0.05, 0) is 73.0 Å². The summed E-state index contributed by atoms with van der Waals surface area (Å²) >= 11 is 6.16. The van der Waals surface area contributed by atoms with E-state index in [-0.39, 0.29) is 21.9 Å². The van der Waals surface area contributed by atoms with Crippen molar-refractivity contribution in [1.82, 2.24) is 0 Å². The van der Waals surface area contributed by atoms with Crippen molar-refractivity contribution >= 4 is 44.8 Å². The molecule has 0 fully saturated rings. The van der Waals surface area contributed by atoms with Gasteiger partial charge in [0.1, 0.15) is 0 Å². The minimum absolute atomic E-state index is 0.0100. The molecule has 0 aliphatic heterocycles. The van der Waals surface area contributed by atoms with Crippen molar-refractivity contribution in [2.75, 3.05) is 10.0 Å². The summed E-state index contributed by atoms with van der Waals surface area (Å²) in [4.78, 5) is 23.6. The molecule has 0 atom stereocenters. The second kappa shape index (κ2) is 9.42. The van der Waals surface area contributed by atoms with E-state index in [1.807, 2.05) is 19.9 Å². The number of carbonyl (C=O) groups excluding carboxylic acids is 2. The fourth-order valence-corrected chi connectivity index (χ4v) is 4.25. The van der Waals surface area contributed by atoms with Gasteiger partial charge in [-0.25, -0.2) is 8.42 Å². The van der Waals surface area contributed by atoms with Crippen LogP contribution in [0.15, 0.2) is 65.6 Å². The lowest BCUT2D eigenvalue weighted by Crippen LogP contribution is -2.17. The molecule has 9 heteroatoms. The van der Waals surface area contributed by atoms with E-state index in [0.717, 1.165) is 11.1 Å². The van der Waals surface area contributed by atoms with Crippen LogP contribution in [0.2, 0.25) is 5.02 Å². The smallest absolute Gasteiger partial charge is 0.261 e. The first-order chi connectivity index (χ1) is 15.0. The number of rotatable bonds is 7. The zero-order valence-electron chi connectivity index (χ0n) is 17.5. The number of benzene rings is 3. The van der Waals surface area contributed by atoms with Crippen molar-refractivity contribution in [2.24, 2.45) is 5.73 Å². The Balaban J connectivity index is 1.81. The van der Waals surface area contributed by atoms with Crippen LogP contribution in [-0.4, -0.2) is 20.2 Å². The summed E-state index contributed by atoms with van der Waals surface area (Å²) in [6, 6.07) is 15.7. The van der Waals surface area contributed by atoms with Crippen LogP contribution in [0.1, 0.15) is 27.0 Å². The van der Waals surface area contributed by atoms with Crippen LogP contribution in [0.3, 0.4) is 0 Å². The third kappa shape index (κ3) is 5.66. The molecule has 3 aromatic carbocycles. The van der Waals surface area contributed by atoms with E-state index in [9.17, 15) is 18.0 Å². The van der Waals surface area contributed by atoms with Gasteiger partial charge in [0.05, 0.1) is 21.9 Å². The van der Waals surface area contributed by atoms with Crippen molar-refractivity contribution in [3.8, 4) is 0 Å². The zero-order valence-corrected chi connectivity index (χ0v) is 19.0. The first kappa shape index (κ1) is 23.3. The van der Waals surface area contributed by atoms with E-state index in [4.69, 9.17) is 17.3 Å². The summed E-state index contributed by atoms with van der Waals surface area (Å²) in [6.07, 6.45) is 0.0907. The Labute approximate surface area is 191 Å². The van der Waals surface area contributed by atoms with E-state index >= 15 is 0 Å². The number of sulfonamides is 1. The lowest BCUT2D eigenvalue weighted by molar-refractivity contribution is -0.117. The SMILES string of the molecule is Cc1ccc(NS(=O)(=O)c2ccc(Cl)c(C(=O)Nc3ccc(CC(N)=O)cc3)c2)cc1C. The summed E-state index contributed by atoms with van der Waals surface area (Å²) in [5.41, 5.74) is 8.76. The van der Waals surface area contributed by atoms with Gasteiger partial charge in [-0.15, -0.1) is 0 Å². The number of carbonyl (C=O) groups is 2. The van der Waals surface area contributed by atoms with Crippen LogP contribution in [0, 0.1) is 13.8 Å². The van der Waals surface area contributed by atoms with E-state index in [2.05, 4.69) is 10.0 Å². The van der Waals surface area contributed by atoms with Gasteiger partial charge in [0.15, 0.2) is 0 Å². The highest BCUT2D eigenvalue weighted by Crippen LogP contribution is 2.24. The van der Waals surface area contributed by atoms with E-state index < -0.39 is 21.8 Å². The minimum Gasteiger partial charge on any atom is -0.369 e. The monoisotopic (exact) mass is 471 g/mol. The molecule has 3 aromatic rings. The fraction of sp³-hybridized carbons (Fsp3) is 0.130. The standard InChI is InChI=1S/C23H22ClN3O4S/c1-14-3-6-18(11-15(14)2)27-32(30,31)19-9-10-21(24)20(13-19)23(29)26-17-7-4-16(5-8-17)12-22(25)28/h3-11,13,27H,12H2,1-2H3,(H2,25,28)(H,26,29). The Hall–Kier alpha value is -3.36. The molecule has 3 rings (SSSR count). The van der Waals surface area contributed by atoms with Crippen LogP contribution >= 0.6 is 11.6 Å². The molecule has 0 spiro atoms. The number of aryl methyl sites for hydroxylation is 2. The molecule has 0 bridgehead atoms. The molecule has 0 aromatic heterocycles. The first-order valence-corrected chi connectivity index (χ1v) is 11.5. The van der Waals surface area contributed by atoms with Crippen molar-refractivity contribution < 1.29 is 18.0 Å². The van der Waals surface area contributed by atoms with Gasteiger partial charge >= 0.3 is 0 Å². The number of amides is 2. The molecule has 32 heavy (non-hydrogen) atoms. The predicted octanol–water partition coefficient (Wildman–Crippen LogP) is 4.04. The van der Waals surface area contributed by atoms with Gasteiger partial charge < -0.3 is 11.1 Å². The van der Waals surface area contributed by atoms with Gasteiger partial charge in [0.2, 0.25) is 5.91 Å². The Morgan fingerprint density at radius 3 is 2.19 bits per heavy atom. The summed E-state index contributed by atoms with van der Waals surface area (Å²) in [5, 5.41) is 2.78. The second-order valence-electron chi connectivity index (χ2n) is 7.34.